The molecule has 0 amide bonds. The average Bonchev–Trinajstić information content (AvgIpc) is 3.61. The van der Waals surface area contributed by atoms with Gasteiger partial charge in [0.1, 0.15) is 19.8 Å². The number of carbonyl (C=O) groups is 2. The van der Waals surface area contributed by atoms with Gasteiger partial charge in [0, 0.05) is 12.8 Å². The lowest BCUT2D eigenvalue weighted by atomic mass is 10.1. The van der Waals surface area contributed by atoms with Gasteiger partial charge < -0.3 is 27.9 Å². The molecule has 0 radical (unpaired) electrons. The van der Waals surface area contributed by atoms with Crippen LogP contribution in [0.15, 0.2) is 182 Å². The number of phosphoric ester groups is 1. The molecule has 0 aromatic rings. The van der Waals surface area contributed by atoms with Crippen LogP contribution in [0.2, 0.25) is 0 Å². The maximum atomic E-state index is 12.8. The Morgan fingerprint density at radius 3 is 0.952 bits per heavy atom. The third-order valence-electron chi connectivity index (χ3n) is 12.9. The Balaban J connectivity index is 4.22. The minimum Gasteiger partial charge on any atom is -0.756 e. The molecule has 0 bridgehead atoms. The second-order valence-electron chi connectivity index (χ2n) is 22.0. The van der Waals surface area contributed by atoms with Crippen LogP contribution in [-0.4, -0.2) is 70.0 Å². The van der Waals surface area contributed by atoms with E-state index in [0.717, 1.165) is 161 Å². The molecule has 9 nitrogen and oxygen atoms in total. The smallest absolute Gasteiger partial charge is 0.306 e. The minimum atomic E-state index is -4.66. The summed E-state index contributed by atoms with van der Waals surface area (Å²) in [6.45, 7) is 3.95. The second-order valence-corrected chi connectivity index (χ2v) is 23.4. The van der Waals surface area contributed by atoms with Crippen molar-refractivity contribution < 1.29 is 42.1 Å². The van der Waals surface area contributed by atoms with E-state index in [2.05, 4.69) is 196 Å². The molecule has 0 aromatic heterocycles. The van der Waals surface area contributed by atoms with E-state index in [9.17, 15) is 19.0 Å². The van der Waals surface area contributed by atoms with Gasteiger partial charge in [-0.25, -0.2) is 0 Å². The van der Waals surface area contributed by atoms with Crippen LogP contribution >= 0.6 is 7.82 Å². The number of phosphoric acid groups is 1. The number of likely N-dealkylation sites (N-methyl/N-ethyl adjacent to an activating group) is 1. The number of quaternary nitrogens is 1. The summed E-state index contributed by atoms with van der Waals surface area (Å²) in [7, 11) is 1.12. The Labute approximate surface area is 514 Å². The molecule has 0 spiro atoms. The van der Waals surface area contributed by atoms with E-state index < -0.39 is 32.5 Å². The topological polar surface area (TPSA) is 111 Å². The number of rotatable bonds is 57. The number of esters is 2. The molecule has 0 aliphatic carbocycles. The van der Waals surface area contributed by atoms with Gasteiger partial charge in [0.05, 0.1) is 27.7 Å². The maximum Gasteiger partial charge on any atom is 0.306 e. The first-order valence-electron chi connectivity index (χ1n) is 32.5. The van der Waals surface area contributed by atoms with Crippen molar-refractivity contribution in [1.29, 1.82) is 0 Å². The van der Waals surface area contributed by atoms with Crippen molar-refractivity contribution in [1.82, 2.24) is 0 Å². The average molecular weight is 1180 g/mol. The number of unbranched alkanes of at least 4 members (excludes halogenated alkanes) is 13. The van der Waals surface area contributed by atoms with Crippen LogP contribution in [-0.2, 0) is 32.7 Å². The van der Waals surface area contributed by atoms with Crippen molar-refractivity contribution in [2.75, 3.05) is 47.5 Å². The van der Waals surface area contributed by atoms with Gasteiger partial charge in [-0.3, -0.25) is 14.2 Å². The number of hydrogen-bond donors (Lipinski definition) is 0. The predicted molar refractivity (Wildman–Crippen MR) is 359 cm³/mol. The monoisotopic (exact) mass is 1180 g/mol. The zero-order chi connectivity index (χ0) is 61.2. The summed E-state index contributed by atoms with van der Waals surface area (Å²) in [5.41, 5.74) is 0. The first-order chi connectivity index (χ1) is 41.0. The van der Waals surface area contributed by atoms with Gasteiger partial charge in [0.15, 0.2) is 6.10 Å². The summed E-state index contributed by atoms with van der Waals surface area (Å²) in [5, 5.41) is 0. The summed E-state index contributed by atoms with van der Waals surface area (Å²) in [6, 6.07) is 0. The molecule has 2 unspecified atom stereocenters. The Bertz CT molecular complexity index is 2070. The predicted octanol–water partition coefficient (Wildman–Crippen LogP) is 20.5. The number of ether oxygens (including phenoxy) is 2. The van der Waals surface area contributed by atoms with Crippen LogP contribution in [0.3, 0.4) is 0 Å². The van der Waals surface area contributed by atoms with Gasteiger partial charge in [0.2, 0.25) is 0 Å². The Morgan fingerprint density at radius 1 is 0.369 bits per heavy atom. The molecule has 472 valence electrons. The summed E-state index contributed by atoms with van der Waals surface area (Å²) in [5.74, 6) is -0.878. The summed E-state index contributed by atoms with van der Waals surface area (Å²) < 4.78 is 34.2. The van der Waals surface area contributed by atoms with Crippen molar-refractivity contribution in [3.05, 3.63) is 182 Å². The molecule has 2 atom stereocenters. The largest absolute Gasteiger partial charge is 0.756 e. The van der Waals surface area contributed by atoms with E-state index in [-0.39, 0.29) is 26.1 Å². The molecule has 0 saturated heterocycles. The number of hydrogen-bond acceptors (Lipinski definition) is 8. The first kappa shape index (κ1) is 79.1. The van der Waals surface area contributed by atoms with Crippen molar-refractivity contribution >= 4 is 19.8 Å². The molecular formula is C74H118NO8P. The van der Waals surface area contributed by atoms with Gasteiger partial charge in [-0.05, 0) is 135 Å². The quantitative estimate of drug-likeness (QED) is 0.0195. The van der Waals surface area contributed by atoms with E-state index >= 15 is 0 Å². The Kier molecular flexibility index (Phi) is 59.0. The Hall–Kier alpha value is -4.89. The van der Waals surface area contributed by atoms with Crippen molar-refractivity contribution in [2.24, 2.45) is 0 Å². The molecule has 0 aliphatic rings. The van der Waals surface area contributed by atoms with Gasteiger partial charge in [0.25, 0.3) is 7.82 Å². The van der Waals surface area contributed by atoms with E-state index in [1.54, 1.807) is 0 Å². The van der Waals surface area contributed by atoms with E-state index in [4.69, 9.17) is 18.5 Å². The highest BCUT2D eigenvalue weighted by atomic mass is 31.2. The Morgan fingerprint density at radius 2 is 0.643 bits per heavy atom. The van der Waals surface area contributed by atoms with Crippen molar-refractivity contribution in [3.63, 3.8) is 0 Å². The number of allylic oxidation sites excluding steroid dienone is 30. The third-order valence-corrected chi connectivity index (χ3v) is 13.9. The fourth-order valence-corrected chi connectivity index (χ4v) is 8.73. The fraction of sp³-hybridized carbons (Fsp3) is 0.568. The summed E-state index contributed by atoms with van der Waals surface area (Å²) >= 11 is 0. The molecule has 84 heavy (non-hydrogen) atoms. The highest BCUT2D eigenvalue weighted by Crippen LogP contribution is 2.38. The van der Waals surface area contributed by atoms with E-state index in [1.807, 2.05) is 21.1 Å². The zero-order valence-electron chi connectivity index (χ0n) is 53.5. The SMILES string of the molecule is CC/C=C\C/C=C\C/C=C\C/C=C\C/C=C\C/C=C\C/C=C\C/C=C\C/C=C\C/C=C\CCCCCCCCC(=O)OC(COC(=O)CCCCCCCCC/C=C\C/C=C\C/C=C\C/C=C\C/C=C\CC)COP(=O)([O-])OCC[N+](C)(C)C. The fourth-order valence-electron chi connectivity index (χ4n) is 8.00. The van der Waals surface area contributed by atoms with Gasteiger partial charge in [-0.2, -0.15) is 0 Å². The normalized spacial score (nSPS) is 14.4. The maximum absolute atomic E-state index is 12.8. The van der Waals surface area contributed by atoms with Crippen molar-refractivity contribution in [2.45, 2.75) is 225 Å². The molecule has 0 aliphatic heterocycles. The molecule has 0 N–H and O–H groups in total. The first-order valence-corrected chi connectivity index (χ1v) is 34.0. The van der Waals surface area contributed by atoms with Crippen LogP contribution < -0.4 is 4.89 Å². The highest BCUT2D eigenvalue weighted by Gasteiger charge is 2.22. The second kappa shape index (κ2) is 62.6. The summed E-state index contributed by atoms with van der Waals surface area (Å²) in [4.78, 5) is 38.0. The lowest BCUT2D eigenvalue weighted by Gasteiger charge is -2.28. The molecular weight excluding hydrogens is 1060 g/mol. The molecule has 0 fully saturated rings. The van der Waals surface area contributed by atoms with Crippen LogP contribution in [0.4, 0.5) is 0 Å². The number of nitrogens with zero attached hydrogens (tertiary/aromatic N) is 1. The van der Waals surface area contributed by atoms with Gasteiger partial charge >= 0.3 is 11.9 Å². The molecule has 0 heterocycles. The molecule has 10 heteroatoms. The van der Waals surface area contributed by atoms with E-state index in [0.29, 0.717) is 23.9 Å². The molecule has 0 aromatic carbocycles. The third kappa shape index (κ3) is 66.3. The van der Waals surface area contributed by atoms with E-state index in [1.165, 1.54) is 19.3 Å². The lowest BCUT2D eigenvalue weighted by molar-refractivity contribution is -0.870. The minimum absolute atomic E-state index is 0.0467. The zero-order valence-corrected chi connectivity index (χ0v) is 54.4. The summed E-state index contributed by atoms with van der Waals surface area (Å²) in [6.07, 6.45) is 96.6. The highest BCUT2D eigenvalue weighted by molar-refractivity contribution is 7.45. The van der Waals surface area contributed by atoms with Crippen LogP contribution in [0.1, 0.15) is 219 Å². The van der Waals surface area contributed by atoms with Crippen LogP contribution in [0, 0.1) is 0 Å². The van der Waals surface area contributed by atoms with Crippen LogP contribution in [0.5, 0.6) is 0 Å². The molecule has 0 rings (SSSR count). The molecule has 0 saturated carbocycles. The number of carbonyl (C=O) groups excluding carboxylic acids is 2. The van der Waals surface area contributed by atoms with Crippen molar-refractivity contribution in [3.8, 4) is 0 Å². The van der Waals surface area contributed by atoms with Crippen LogP contribution in [0.25, 0.3) is 0 Å². The standard InChI is InChI=1S/C74H118NO8P/c1-6-8-10-12-14-16-18-20-22-24-26-28-30-31-32-33-34-35-36-37-38-39-40-41-42-43-45-47-49-51-53-55-57-59-61-63-65-67-74(77)83-72(71-82-84(78,79)81-69-68-75(3,4)5)70-80-73(76)66-64-62-60-58-56-54-52-50-48-46-44-29-27-25-23-21-19-17-15-13-11-9-7-2/h8-11,14-17,20-23,26-29,31-32,34-35,37-38,40-41,43,45-46,48-49,51,72H,6-7,12-13,18-19,24-25,30,33,36,39,42,44,47,50,52-71H2,1-5H3/b10-8-,11-9-,16-14-,17-15-,22-20-,23-21-,28-26-,29-27-,32-31-,35-34-,38-37-,41-40-,45-43-,48-46-,51-49-. The van der Waals surface area contributed by atoms with Gasteiger partial charge in [-0.15, -0.1) is 0 Å². The van der Waals surface area contributed by atoms with Gasteiger partial charge in [-0.1, -0.05) is 254 Å². The lowest BCUT2D eigenvalue weighted by Crippen LogP contribution is -2.37.